The SMILES string of the molecule is O=C([O-])CCC[NH2+]C[C@@H](O)Cn1c2ccccc2c2ccccc21. The predicted octanol–water partition coefficient (Wildman–Crippen LogP) is 0.249. The summed E-state index contributed by atoms with van der Waals surface area (Å²) in [6.07, 6.45) is 0.136. The van der Waals surface area contributed by atoms with Crippen molar-refractivity contribution in [1.29, 1.82) is 0 Å². The minimum atomic E-state index is -1.02. The van der Waals surface area contributed by atoms with Crippen LogP contribution in [0.4, 0.5) is 0 Å². The summed E-state index contributed by atoms with van der Waals surface area (Å²) in [5, 5.41) is 25.1. The van der Waals surface area contributed by atoms with E-state index < -0.39 is 12.1 Å². The van der Waals surface area contributed by atoms with Gasteiger partial charge in [-0.3, -0.25) is 0 Å². The second kappa shape index (κ2) is 7.47. The second-order valence-electron chi connectivity index (χ2n) is 6.09. The molecule has 0 unspecified atom stereocenters. The maximum absolute atomic E-state index is 10.4. The van der Waals surface area contributed by atoms with Crippen LogP contribution in [0.2, 0.25) is 0 Å². The van der Waals surface area contributed by atoms with Gasteiger partial charge in [0.2, 0.25) is 0 Å². The van der Waals surface area contributed by atoms with Crippen LogP contribution in [0.5, 0.6) is 0 Å². The highest BCUT2D eigenvalue weighted by Gasteiger charge is 2.14. The van der Waals surface area contributed by atoms with E-state index in [4.69, 9.17) is 0 Å². The molecule has 0 bridgehead atoms. The Hall–Kier alpha value is -2.37. The van der Waals surface area contributed by atoms with Crippen molar-refractivity contribution in [2.24, 2.45) is 0 Å². The molecule has 2 aromatic carbocycles. The third-order valence-electron chi connectivity index (χ3n) is 4.30. The summed E-state index contributed by atoms with van der Waals surface area (Å²) in [6.45, 7) is 1.75. The average molecular weight is 326 g/mol. The van der Waals surface area contributed by atoms with Gasteiger partial charge < -0.3 is 24.9 Å². The summed E-state index contributed by atoms with van der Waals surface area (Å²) in [4.78, 5) is 10.4. The van der Waals surface area contributed by atoms with Crippen LogP contribution in [0.15, 0.2) is 48.5 Å². The van der Waals surface area contributed by atoms with Gasteiger partial charge in [-0.05, 0) is 18.6 Å². The van der Waals surface area contributed by atoms with Gasteiger partial charge in [0.15, 0.2) is 0 Å². The number of benzene rings is 2. The minimum Gasteiger partial charge on any atom is -0.550 e. The van der Waals surface area contributed by atoms with Crippen molar-refractivity contribution in [2.75, 3.05) is 13.1 Å². The van der Waals surface area contributed by atoms with Crippen LogP contribution in [0, 0.1) is 0 Å². The average Bonchev–Trinajstić information content (AvgIpc) is 2.89. The summed E-state index contributed by atoms with van der Waals surface area (Å²) in [5.41, 5.74) is 2.24. The zero-order valence-corrected chi connectivity index (χ0v) is 13.5. The predicted molar refractivity (Wildman–Crippen MR) is 91.4 cm³/mol. The number of para-hydroxylation sites is 2. The zero-order chi connectivity index (χ0) is 16.9. The lowest BCUT2D eigenvalue weighted by Gasteiger charge is -2.13. The van der Waals surface area contributed by atoms with Gasteiger partial charge in [0, 0.05) is 34.2 Å². The lowest BCUT2D eigenvalue weighted by Crippen LogP contribution is -2.86. The van der Waals surface area contributed by atoms with Gasteiger partial charge in [-0.2, -0.15) is 0 Å². The summed E-state index contributed by atoms with van der Waals surface area (Å²) in [6, 6.07) is 16.4. The van der Waals surface area contributed by atoms with Crippen LogP contribution in [-0.2, 0) is 11.3 Å². The standard InChI is InChI=1S/C19H22N2O3/c22-14(12-20-11-5-10-19(23)24)13-21-17-8-3-1-6-15(17)16-7-2-4-9-18(16)21/h1-4,6-9,14,20,22H,5,10-13H2,(H,23,24)/t14-/m1/s1. The number of aliphatic hydroxyl groups excluding tert-OH is 1. The Kier molecular flexibility index (Phi) is 5.13. The first-order chi connectivity index (χ1) is 11.7. The van der Waals surface area contributed by atoms with Crippen LogP contribution in [0.3, 0.4) is 0 Å². The van der Waals surface area contributed by atoms with Crippen LogP contribution in [0.25, 0.3) is 21.8 Å². The molecule has 1 heterocycles. The molecule has 0 aliphatic rings. The molecule has 0 amide bonds. The fourth-order valence-electron chi connectivity index (χ4n) is 3.19. The normalized spacial score (nSPS) is 12.7. The van der Waals surface area contributed by atoms with E-state index in [1.165, 1.54) is 10.8 Å². The molecule has 3 aromatic rings. The molecular formula is C19H22N2O3. The number of carbonyl (C=O) groups is 1. The van der Waals surface area contributed by atoms with E-state index in [1.54, 1.807) is 0 Å². The Labute approximate surface area is 140 Å². The molecule has 1 atom stereocenters. The summed E-state index contributed by atoms with van der Waals surface area (Å²) in [7, 11) is 0. The lowest BCUT2D eigenvalue weighted by atomic mass is 10.2. The molecule has 0 radical (unpaired) electrons. The molecule has 1 aromatic heterocycles. The van der Waals surface area contributed by atoms with E-state index in [-0.39, 0.29) is 6.42 Å². The van der Waals surface area contributed by atoms with Crippen molar-refractivity contribution < 1.29 is 20.3 Å². The van der Waals surface area contributed by atoms with E-state index >= 15 is 0 Å². The van der Waals surface area contributed by atoms with Crippen molar-refractivity contribution >= 4 is 27.8 Å². The number of hydrogen-bond donors (Lipinski definition) is 2. The highest BCUT2D eigenvalue weighted by molar-refractivity contribution is 6.07. The van der Waals surface area contributed by atoms with Gasteiger partial charge in [-0.1, -0.05) is 36.4 Å². The third-order valence-corrected chi connectivity index (χ3v) is 4.30. The molecule has 5 heteroatoms. The number of fused-ring (bicyclic) bond motifs is 3. The number of carbonyl (C=O) groups excluding carboxylic acids is 1. The molecular weight excluding hydrogens is 304 g/mol. The van der Waals surface area contributed by atoms with Crippen LogP contribution >= 0.6 is 0 Å². The number of aromatic nitrogens is 1. The number of hydrogen-bond acceptors (Lipinski definition) is 3. The number of carboxylic acids is 1. The smallest absolute Gasteiger partial charge is 0.121 e. The Bertz CT molecular complexity index is 788. The lowest BCUT2D eigenvalue weighted by molar-refractivity contribution is -0.661. The number of carboxylic acid groups (broad SMARTS) is 1. The number of quaternary nitrogens is 1. The molecule has 0 aliphatic carbocycles. The molecule has 0 aliphatic heterocycles. The van der Waals surface area contributed by atoms with E-state index in [2.05, 4.69) is 28.8 Å². The molecule has 0 saturated carbocycles. The van der Waals surface area contributed by atoms with Crippen molar-refractivity contribution in [1.82, 2.24) is 4.57 Å². The van der Waals surface area contributed by atoms with Crippen molar-refractivity contribution in [3.63, 3.8) is 0 Å². The highest BCUT2D eigenvalue weighted by atomic mass is 16.4. The Morgan fingerprint density at radius 1 is 1.08 bits per heavy atom. The number of nitrogens with zero attached hydrogens (tertiary/aromatic N) is 1. The molecule has 126 valence electrons. The van der Waals surface area contributed by atoms with E-state index in [0.717, 1.165) is 11.0 Å². The fraction of sp³-hybridized carbons (Fsp3) is 0.316. The molecule has 5 nitrogen and oxygen atoms in total. The van der Waals surface area contributed by atoms with Crippen molar-refractivity contribution in [2.45, 2.75) is 25.5 Å². The van der Waals surface area contributed by atoms with Crippen LogP contribution in [0.1, 0.15) is 12.8 Å². The van der Waals surface area contributed by atoms with Crippen molar-refractivity contribution in [3.8, 4) is 0 Å². The fourth-order valence-corrected chi connectivity index (χ4v) is 3.19. The third kappa shape index (κ3) is 3.58. The first-order valence-corrected chi connectivity index (χ1v) is 8.32. The topological polar surface area (TPSA) is 81.9 Å². The summed E-state index contributed by atoms with van der Waals surface area (Å²) < 4.78 is 2.16. The van der Waals surface area contributed by atoms with E-state index in [0.29, 0.717) is 26.1 Å². The van der Waals surface area contributed by atoms with Crippen LogP contribution < -0.4 is 10.4 Å². The Balaban J connectivity index is 1.71. The second-order valence-corrected chi connectivity index (χ2v) is 6.09. The Morgan fingerprint density at radius 2 is 1.67 bits per heavy atom. The molecule has 3 N–H and O–H groups in total. The van der Waals surface area contributed by atoms with Gasteiger partial charge in [-0.15, -0.1) is 0 Å². The quantitative estimate of drug-likeness (QED) is 0.582. The van der Waals surface area contributed by atoms with Gasteiger partial charge in [0.1, 0.15) is 12.6 Å². The van der Waals surface area contributed by atoms with Gasteiger partial charge in [0.25, 0.3) is 0 Å². The summed E-state index contributed by atoms with van der Waals surface area (Å²) >= 11 is 0. The molecule has 0 saturated heterocycles. The monoisotopic (exact) mass is 326 g/mol. The number of nitrogens with two attached hydrogens (primary N) is 1. The molecule has 3 rings (SSSR count). The van der Waals surface area contributed by atoms with Gasteiger partial charge in [-0.25, -0.2) is 0 Å². The van der Waals surface area contributed by atoms with Crippen molar-refractivity contribution in [3.05, 3.63) is 48.5 Å². The van der Waals surface area contributed by atoms with E-state index in [9.17, 15) is 15.0 Å². The number of aliphatic hydroxyl groups is 1. The van der Waals surface area contributed by atoms with Gasteiger partial charge in [0.05, 0.1) is 13.1 Å². The molecule has 0 fully saturated rings. The van der Waals surface area contributed by atoms with Gasteiger partial charge >= 0.3 is 0 Å². The van der Waals surface area contributed by atoms with Crippen LogP contribution in [-0.4, -0.2) is 34.8 Å². The number of rotatable bonds is 8. The first kappa shape index (κ1) is 16.5. The highest BCUT2D eigenvalue weighted by Crippen LogP contribution is 2.28. The minimum absolute atomic E-state index is 0.0689. The molecule has 24 heavy (non-hydrogen) atoms. The molecule has 0 spiro atoms. The first-order valence-electron chi connectivity index (χ1n) is 8.32. The Morgan fingerprint density at radius 3 is 2.25 bits per heavy atom. The maximum atomic E-state index is 10.4. The maximum Gasteiger partial charge on any atom is 0.121 e. The summed E-state index contributed by atoms with van der Waals surface area (Å²) in [5.74, 6) is -1.02. The zero-order valence-electron chi connectivity index (χ0n) is 13.5. The van der Waals surface area contributed by atoms with E-state index in [1.807, 2.05) is 29.6 Å². The largest absolute Gasteiger partial charge is 0.550 e. The number of aliphatic carboxylic acids is 1.